The summed E-state index contributed by atoms with van der Waals surface area (Å²) in [4.78, 5) is 2.33. The van der Waals surface area contributed by atoms with Gasteiger partial charge in [-0.25, -0.2) is 0 Å². The van der Waals surface area contributed by atoms with E-state index in [1.54, 1.807) is 0 Å². The summed E-state index contributed by atoms with van der Waals surface area (Å²) in [7, 11) is 0. The summed E-state index contributed by atoms with van der Waals surface area (Å²) in [5.74, 6) is 0. The topological polar surface area (TPSA) is 29.3 Å². The van der Waals surface area contributed by atoms with Crippen LogP contribution in [0.3, 0.4) is 0 Å². The molecule has 0 unspecified atom stereocenters. The minimum absolute atomic E-state index is 0.754. The molecule has 0 aliphatic rings. The fourth-order valence-corrected chi connectivity index (χ4v) is 0.873. The van der Waals surface area contributed by atoms with E-state index in [0.29, 0.717) is 0 Å². The van der Waals surface area contributed by atoms with Crippen molar-refractivity contribution < 1.29 is 0 Å². The smallest absolute Gasteiger partial charge is 0.0166 e. The molecule has 0 fully saturated rings. The lowest BCUT2D eigenvalue weighted by atomic mass is 10.3. The molecule has 0 aromatic carbocycles. The second-order valence-electron chi connectivity index (χ2n) is 2.96. The Morgan fingerprint density at radius 1 is 1.45 bits per heavy atom. The van der Waals surface area contributed by atoms with Crippen molar-refractivity contribution in [1.29, 1.82) is 0 Å². The maximum absolute atomic E-state index is 5.45. The van der Waals surface area contributed by atoms with Gasteiger partial charge in [0.1, 0.15) is 0 Å². The van der Waals surface area contributed by atoms with Crippen molar-refractivity contribution in [1.82, 2.24) is 4.90 Å². The van der Waals surface area contributed by atoms with Gasteiger partial charge in [-0.05, 0) is 20.4 Å². The lowest BCUT2D eigenvalue weighted by Crippen LogP contribution is -2.29. The zero-order chi connectivity index (χ0) is 8.69. The van der Waals surface area contributed by atoms with Crippen LogP contribution in [0.5, 0.6) is 0 Å². The van der Waals surface area contributed by atoms with Crippen molar-refractivity contribution in [3.05, 3.63) is 11.6 Å². The van der Waals surface area contributed by atoms with E-state index in [2.05, 4.69) is 31.7 Å². The predicted molar refractivity (Wildman–Crippen MR) is 50.6 cm³/mol. The number of hydrogen-bond donors (Lipinski definition) is 1. The lowest BCUT2D eigenvalue weighted by molar-refractivity contribution is 0.327. The SMILES string of the molecule is CCN(CC=C(C)C)CCN. The summed E-state index contributed by atoms with van der Waals surface area (Å²) in [5.41, 5.74) is 6.82. The molecule has 66 valence electrons. The number of rotatable bonds is 5. The Kier molecular flexibility index (Phi) is 6.18. The first-order chi connectivity index (χ1) is 5.20. The van der Waals surface area contributed by atoms with Crippen LogP contribution in [0.25, 0.3) is 0 Å². The van der Waals surface area contributed by atoms with Gasteiger partial charge in [0.15, 0.2) is 0 Å². The van der Waals surface area contributed by atoms with Gasteiger partial charge in [0.05, 0.1) is 0 Å². The van der Waals surface area contributed by atoms with Crippen molar-refractivity contribution in [3.8, 4) is 0 Å². The van der Waals surface area contributed by atoms with Crippen LogP contribution in [0.4, 0.5) is 0 Å². The molecule has 0 amide bonds. The minimum Gasteiger partial charge on any atom is -0.329 e. The van der Waals surface area contributed by atoms with E-state index in [9.17, 15) is 0 Å². The second kappa shape index (κ2) is 6.38. The maximum Gasteiger partial charge on any atom is 0.0166 e. The van der Waals surface area contributed by atoms with Gasteiger partial charge in [-0.2, -0.15) is 0 Å². The average molecular weight is 156 g/mol. The summed E-state index contributed by atoms with van der Waals surface area (Å²) in [6, 6.07) is 0. The molecule has 0 heterocycles. The van der Waals surface area contributed by atoms with Gasteiger partial charge in [-0.15, -0.1) is 0 Å². The standard InChI is InChI=1S/C9H20N2/c1-4-11(8-6-10)7-5-9(2)3/h5H,4,6-8,10H2,1-3H3. The summed E-state index contributed by atoms with van der Waals surface area (Å²) >= 11 is 0. The maximum atomic E-state index is 5.45. The molecule has 0 bridgehead atoms. The lowest BCUT2D eigenvalue weighted by Gasteiger charge is -2.16. The third kappa shape index (κ3) is 6.07. The van der Waals surface area contributed by atoms with Crippen LogP contribution >= 0.6 is 0 Å². The van der Waals surface area contributed by atoms with Gasteiger partial charge in [0.2, 0.25) is 0 Å². The molecule has 2 nitrogen and oxygen atoms in total. The molecule has 0 aliphatic carbocycles. The Labute approximate surface area is 70.1 Å². The van der Waals surface area contributed by atoms with Gasteiger partial charge >= 0.3 is 0 Å². The molecule has 0 saturated heterocycles. The van der Waals surface area contributed by atoms with Gasteiger partial charge < -0.3 is 5.73 Å². The van der Waals surface area contributed by atoms with Crippen LogP contribution in [0.15, 0.2) is 11.6 Å². The first-order valence-corrected chi connectivity index (χ1v) is 4.26. The highest BCUT2D eigenvalue weighted by Crippen LogP contribution is 1.92. The molecule has 0 rings (SSSR count). The molecule has 2 heteroatoms. The summed E-state index contributed by atoms with van der Waals surface area (Å²) < 4.78 is 0. The van der Waals surface area contributed by atoms with Crippen LogP contribution < -0.4 is 5.73 Å². The van der Waals surface area contributed by atoms with Gasteiger partial charge in [-0.1, -0.05) is 18.6 Å². The molecule has 0 atom stereocenters. The molecular formula is C9H20N2. The predicted octanol–water partition coefficient (Wildman–Crippen LogP) is 1.23. The van der Waals surface area contributed by atoms with Gasteiger partial charge in [-0.3, -0.25) is 4.90 Å². The first kappa shape index (κ1) is 10.7. The minimum atomic E-state index is 0.754. The first-order valence-electron chi connectivity index (χ1n) is 4.26. The third-order valence-electron chi connectivity index (χ3n) is 1.65. The molecule has 11 heavy (non-hydrogen) atoms. The van der Waals surface area contributed by atoms with Crippen molar-refractivity contribution in [3.63, 3.8) is 0 Å². The van der Waals surface area contributed by atoms with E-state index < -0.39 is 0 Å². The van der Waals surface area contributed by atoms with Crippen LogP contribution in [-0.4, -0.2) is 31.1 Å². The molecule has 0 aliphatic heterocycles. The molecule has 0 aromatic rings. The number of hydrogen-bond acceptors (Lipinski definition) is 2. The Balaban J connectivity index is 3.60. The van der Waals surface area contributed by atoms with E-state index >= 15 is 0 Å². The number of nitrogens with zero attached hydrogens (tertiary/aromatic N) is 1. The normalized spacial score (nSPS) is 10.3. The van der Waals surface area contributed by atoms with E-state index in [1.165, 1.54) is 5.57 Å². The largest absolute Gasteiger partial charge is 0.329 e. The highest BCUT2D eigenvalue weighted by atomic mass is 15.1. The van der Waals surface area contributed by atoms with Gasteiger partial charge in [0, 0.05) is 19.6 Å². The second-order valence-corrected chi connectivity index (χ2v) is 2.96. The monoisotopic (exact) mass is 156 g/mol. The summed E-state index contributed by atoms with van der Waals surface area (Å²) in [6.45, 7) is 10.3. The van der Waals surface area contributed by atoms with E-state index in [0.717, 1.165) is 26.2 Å². The Morgan fingerprint density at radius 3 is 2.45 bits per heavy atom. The van der Waals surface area contributed by atoms with E-state index in [1.807, 2.05) is 0 Å². The fourth-order valence-electron chi connectivity index (χ4n) is 0.873. The number of likely N-dealkylation sites (N-methyl/N-ethyl adjacent to an activating group) is 1. The molecule has 0 saturated carbocycles. The Bertz CT molecular complexity index is 115. The molecular weight excluding hydrogens is 136 g/mol. The highest BCUT2D eigenvalue weighted by Gasteiger charge is 1.96. The number of allylic oxidation sites excluding steroid dienone is 1. The third-order valence-corrected chi connectivity index (χ3v) is 1.65. The van der Waals surface area contributed by atoms with E-state index in [-0.39, 0.29) is 0 Å². The van der Waals surface area contributed by atoms with Gasteiger partial charge in [0.25, 0.3) is 0 Å². The van der Waals surface area contributed by atoms with Crippen LogP contribution in [0.1, 0.15) is 20.8 Å². The van der Waals surface area contributed by atoms with Crippen LogP contribution in [0.2, 0.25) is 0 Å². The van der Waals surface area contributed by atoms with Crippen molar-refractivity contribution in [2.45, 2.75) is 20.8 Å². The summed E-state index contributed by atoms with van der Waals surface area (Å²) in [5, 5.41) is 0. The number of nitrogens with two attached hydrogens (primary N) is 1. The van der Waals surface area contributed by atoms with Crippen molar-refractivity contribution in [2.75, 3.05) is 26.2 Å². The molecule has 0 spiro atoms. The zero-order valence-corrected chi connectivity index (χ0v) is 7.93. The zero-order valence-electron chi connectivity index (χ0n) is 7.93. The van der Waals surface area contributed by atoms with Crippen molar-refractivity contribution >= 4 is 0 Å². The van der Waals surface area contributed by atoms with E-state index in [4.69, 9.17) is 5.73 Å². The molecule has 0 aromatic heterocycles. The quantitative estimate of drug-likeness (QED) is 0.607. The van der Waals surface area contributed by atoms with Crippen LogP contribution in [-0.2, 0) is 0 Å². The Morgan fingerprint density at radius 2 is 2.09 bits per heavy atom. The average Bonchev–Trinajstić information content (AvgIpc) is 1.97. The fraction of sp³-hybridized carbons (Fsp3) is 0.778. The van der Waals surface area contributed by atoms with Crippen molar-refractivity contribution in [2.24, 2.45) is 5.73 Å². The van der Waals surface area contributed by atoms with Crippen LogP contribution in [0, 0.1) is 0 Å². The summed E-state index contributed by atoms with van der Waals surface area (Å²) in [6.07, 6.45) is 2.24. The molecule has 0 radical (unpaired) electrons. The molecule has 2 N–H and O–H groups in total. The highest BCUT2D eigenvalue weighted by molar-refractivity contribution is 4.94. The Hall–Kier alpha value is -0.340.